The number of benzene rings is 5. The number of hydrogen-bond donors (Lipinski definition) is 0. The van der Waals surface area contributed by atoms with Crippen LogP contribution in [0.4, 0.5) is 0 Å². The second kappa shape index (κ2) is 8.13. The van der Waals surface area contributed by atoms with Crippen molar-refractivity contribution in [2.45, 2.75) is 52.4 Å². The van der Waals surface area contributed by atoms with Gasteiger partial charge >= 0.3 is 0 Å². The maximum atomic E-state index is 2.37. The first-order valence-electron chi connectivity index (χ1n) is 12.3. The summed E-state index contributed by atoms with van der Waals surface area (Å²) in [6.07, 6.45) is 0. The van der Waals surface area contributed by atoms with Crippen LogP contribution in [-0.2, 0) is 10.8 Å². The van der Waals surface area contributed by atoms with Crippen LogP contribution in [0.15, 0.2) is 97.1 Å². The molecular formula is C34H34. The van der Waals surface area contributed by atoms with E-state index in [1.165, 1.54) is 54.9 Å². The summed E-state index contributed by atoms with van der Waals surface area (Å²) in [5.41, 5.74) is 8.11. The van der Waals surface area contributed by atoms with E-state index in [1.54, 1.807) is 0 Å². The van der Waals surface area contributed by atoms with Gasteiger partial charge in [0.1, 0.15) is 0 Å². The van der Waals surface area contributed by atoms with Crippen molar-refractivity contribution >= 4 is 21.5 Å². The van der Waals surface area contributed by atoms with Crippen LogP contribution in [0.3, 0.4) is 0 Å². The van der Waals surface area contributed by atoms with E-state index in [4.69, 9.17) is 0 Å². The fourth-order valence-electron chi connectivity index (χ4n) is 5.56. The summed E-state index contributed by atoms with van der Waals surface area (Å²) in [5.74, 6) is 0. The zero-order chi connectivity index (χ0) is 24.1. The fraction of sp³-hybridized carbons (Fsp3) is 0.235. The molecule has 0 amide bonds. The molecule has 0 nitrogen and oxygen atoms in total. The Morgan fingerprint density at radius 2 is 0.912 bits per heavy atom. The van der Waals surface area contributed by atoms with Gasteiger partial charge in [-0.15, -0.1) is 0 Å². The van der Waals surface area contributed by atoms with E-state index in [9.17, 15) is 0 Å². The molecule has 0 aromatic heterocycles. The smallest absolute Gasteiger partial charge is 0.00234 e. The van der Waals surface area contributed by atoms with Gasteiger partial charge in [0.15, 0.2) is 0 Å². The molecule has 0 saturated heterocycles. The van der Waals surface area contributed by atoms with Crippen molar-refractivity contribution in [2.24, 2.45) is 0 Å². The highest BCUT2D eigenvalue weighted by atomic mass is 14.4. The van der Waals surface area contributed by atoms with Gasteiger partial charge in [-0.1, -0.05) is 139 Å². The van der Waals surface area contributed by atoms with Crippen LogP contribution in [-0.4, -0.2) is 0 Å². The van der Waals surface area contributed by atoms with Gasteiger partial charge in [-0.25, -0.2) is 0 Å². The lowest BCUT2D eigenvalue weighted by Crippen LogP contribution is -2.24. The lowest BCUT2D eigenvalue weighted by Gasteiger charge is -2.36. The van der Waals surface area contributed by atoms with Crippen molar-refractivity contribution in [3.05, 3.63) is 108 Å². The lowest BCUT2D eigenvalue weighted by atomic mass is 9.67. The van der Waals surface area contributed by atoms with Gasteiger partial charge in [0.25, 0.3) is 0 Å². The Kier molecular flexibility index (Phi) is 5.36. The van der Waals surface area contributed by atoms with E-state index in [0.29, 0.717) is 0 Å². The van der Waals surface area contributed by atoms with E-state index < -0.39 is 0 Å². The molecule has 34 heavy (non-hydrogen) atoms. The summed E-state index contributed by atoms with van der Waals surface area (Å²) < 4.78 is 0. The zero-order valence-electron chi connectivity index (χ0n) is 21.2. The normalized spacial score (nSPS) is 12.4. The summed E-state index contributed by atoms with van der Waals surface area (Å²) in [6.45, 7) is 14.2. The Labute approximate surface area is 204 Å². The first kappa shape index (κ1) is 22.4. The summed E-state index contributed by atoms with van der Waals surface area (Å²) in [7, 11) is 0. The van der Waals surface area contributed by atoms with Crippen LogP contribution in [0.1, 0.15) is 52.7 Å². The summed E-state index contributed by atoms with van der Waals surface area (Å²) in [4.78, 5) is 0. The summed E-state index contributed by atoms with van der Waals surface area (Å²) >= 11 is 0. The van der Waals surface area contributed by atoms with E-state index in [-0.39, 0.29) is 10.8 Å². The van der Waals surface area contributed by atoms with E-state index in [2.05, 4.69) is 139 Å². The molecule has 0 saturated carbocycles. The van der Waals surface area contributed by atoms with Crippen molar-refractivity contribution in [1.29, 1.82) is 0 Å². The van der Waals surface area contributed by atoms with Gasteiger partial charge in [0.05, 0.1) is 0 Å². The number of rotatable bonds is 2. The second-order valence-electron chi connectivity index (χ2n) is 11.4. The summed E-state index contributed by atoms with van der Waals surface area (Å²) in [6, 6.07) is 35.5. The van der Waals surface area contributed by atoms with Gasteiger partial charge in [0.2, 0.25) is 0 Å². The highest BCUT2D eigenvalue weighted by molar-refractivity contribution is 6.18. The largest absolute Gasteiger partial charge is 0.0622 e. The standard InChI is InChI=1S/C34H34/c1-33(2,3)31-29(25-18-11-8-12-19-25)28(24-16-9-7-10-17-24)27-22-21-23-15-13-14-20-26(23)30(27)32(31)34(4,5)6/h7-22H,1-6H3. The highest BCUT2D eigenvalue weighted by Gasteiger charge is 2.33. The van der Waals surface area contributed by atoms with Crippen molar-refractivity contribution in [3.8, 4) is 22.3 Å². The van der Waals surface area contributed by atoms with Crippen molar-refractivity contribution in [3.63, 3.8) is 0 Å². The molecule has 0 radical (unpaired) electrons. The predicted octanol–water partition coefficient (Wildman–Crippen LogP) is 9.92. The second-order valence-corrected chi connectivity index (χ2v) is 11.4. The minimum atomic E-state index is -0.0392. The van der Waals surface area contributed by atoms with E-state index >= 15 is 0 Å². The Bertz CT molecular complexity index is 1470. The van der Waals surface area contributed by atoms with Crippen LogP contribution >= 0.6 is 0 Å². The third-order valence-corrected chi connectivity index (χ3v) is 6.82. The molecule has 0 heteroatoms. The van der Waals surface area contributed by atoms with Crippen molar-refractivity contribution in [1.82, 2.24) is 0 Å². The van der Waals surface area contributed by atoms with E-state index in [1.807, 2.05) is 0 Å². The third-order valence-electron chi connectivity index (χ3n) is 6.82. The molecule has 0 atom stereocenters. The molecule has 0 aliphatic carbocycles. The molecule has 0 aliphatic rings. The first-order chi connectivity index (χ1) is 16.2. The average molecular weight is 443 g/mol. The SMILES string of the molecule is CC(C)(C)c1c(-c2ccccc2)c(-c2ccccc2)c2ccc3ccccc3c2c1C(C)(C)C. The molecule has 0 unspecified atom stereocenters. The average Bonchev–Trinajstić information content (AvgIpc) is 2.82. The first-order valence-corrected chi connectivity index (χ1v) is 12.3. The Morgan fingerprint density at radius 3 is 1.47 bits per heavy atom. The predicted molar refractivity (Wildman–Crippen MR) is 150 cm³/mol. The van der Waals surface area contributed by atoms with Crippen molar-refractivity contribution in [2.75, 3.05) is 0 Å². The molecule has 170 valence electrons. The molecule has 5 aromatic carbocycles. The molecule has 0 heterocycles. The topological polar surface area (TPSA) is 0 Å². The Hall–Kier alpha value is -3.38. The van der Waals surface area contributed by atoms with Crippen LogP contribution in [0.25, 0.3) is 43.8 Å². The zero-order valence-corrected chi connectivity index (χ0v) is 21.2. The fourth-order valence-corrected chi connectivity index (χ4v) is 5.56. The Balaban J connectivity index is 2.17. The molecule has 0 N–H and O–H groups in total. The number of fused-ring (bicyclic) bond motifs is 3. The quantitative estimate of drug-likeness (QED) is 0.239. The molecule has 5 rings (SSSR count). The molecular weight excluding hydrogens is 408 g/mol. The van der Waals surface area contributed by atoms with Gasteiger partial charge in [-0.3, -0.25) is 0 Å². The van der Waals surface area contributed by atoms with Crippen LogP contribution in [0.5, 0.6) is 0 Å². The maximum absolute atomic E-state index is 2.37. The van der Waals surface area contributed by atoms with Crippen molar-refractivity contribution < 1.29 is 0 Å². The minimum absolute atomic E-state index is 0.0241. The third kappa shape index (κ3) is 3.72. The van der Waals surface area contributed by atoms with Crippen LogP contribution in [0.2, 0.25) is 0 Å². The van der Waals surface area contributed by atoms with Crippen LogP contribution in [0, 0.1) is 0 Å². The Morgan fingerprint density at radius 1 is 0.412 bits per heavy atom. The highest BCUT2D eigenvalue weighted by Crippen LogP contribution is 2.51. The molecule has 0 fully saturated rings. The monoisotopic (exact) mass is 442 g/mol. The maximum Gasteiger partial charge on any atom is -0.00234 e. The molecule has 5 aromatic rings. The lowest BCUT2D eigenvalue weighted by molar-refractivity contribution is 0.536. The molecule has 0 aliphatic heterocycles. The van der Waals surface area contributed by atoms with Crippen LogP contribution < -0.4 is 0 Å². The molecule has 0 spiro atoms. The van der Waals surface area contributed by atoms with Gasteiger partial charge in [0, 0.05) is 0 Å². The van der Waals surface area contributed by atoms with Gasteiger partial charge in [-0.2, -0.15) is 0 Å². The summed E-state index contributed by atoms with van der Waals surface area (Å²) in [5, 5.41) is 5.37. The van der Waals surface area contributed by atoms with E-state index in [0.717, 1.165) is 0 Å². The minimum Gasteiger partial charge on any atom is -0.0622 e. The molecule has 0 bridgehead atoms. The number of hydrogen-bond acceptors (Lipinski definition) is 0. The van der Waals surface area contributed by atoms with Gasteiger partial charge < -0.3 is 0 Å². The van der Waals surface area contributed by atoms with Gasteiger partial charge in [-0.05, 0) is 65.8 Å².